The first-order valence-electron chi connectivity index (χ1n) is 5.33. The first-order chi connectivity index (χ1) is 9.31. The molecule has 2 aromatic carbocycles. The van der Waals surface area contributed by atoms with E-state index in [0.29, 0.717) is 20.3 Å². The van der Waals surface area contributed by atoms with Crippen LogP contribution in [0.2, 0.25) is 0 Å². The van der Waals surface area contributed by atoms with Gasteiger partial charge >= 0.3 is 0 Å². The molecule has 4 nitrogen and oxygen atoms in total. The van der Waals surface area contributed by atoms with Gasteiger partial charge in [0.25, 0.3) is 10.0 Å². The molecule has 2 aromatic rings. The Hall–Kier alpha value is -0.570. The quantitative estimate of drug-likeness (QED) is 0.636. The predicted octanol–water partition coefficient (Wildman–Crippen LogP) is 4.36. The van der Waals surface area contributed by atoms with E-state index in [1.54, 1.807) is 30.3 Å². The number of nitrogens with two attached hydrogens (primary N) is 1. The summed E-state index contributed by atoms with van der Waals surface area (Å²) in [6, 6.07) is 9.91. The van der Waals surface area contributed by atoms with Crippen LogP contribution in [0, 0.1) is 0 Å². The molecule has 0 atom stereocenters. The molecule has 8 heteroatoms. The molecule has 2 rings (SSSR count). The first kappa shape index (κ1) is 15.8. The fourth-order valence-corrected chi connectivity index (χ4v) is 5.15. The molecule has 0 bridgehead atoms. The van der Waals surface area contributed by atoms with E-state index in [-0.39, 0.29) is 4.90 Å². The molecule has 0 amide bonds. The largest absolute Gasteiger partial charge is 0.397 e. The third-order valence-electron chi connectivity index (χ3n) is 2.45. The van der Waals surface area contributed by atoms with Crippen LogP contribution in [0.5, 0.6) is 0 Å². The van der Waals surface area contributed by atoms with Gasteiger partial charge in [0.15, 0.2) is 0 Å². The van der Waals surface area contributed by atoms with Gasteiger partial charge in [-0.2, -0.15) is 0 Å². The number of rotatable bonds is 3. The molecule has 0 spiro atoms. The smallest absolute Gasteiger partial charge is 0.263 e. The zero-order valence-corrected chi connectivity index (χ0v) is 15.5. The number of sulfonamides is 1. The molecular formula is C12H9Br3N2O2S. The molecule has 0 fully saturated rings. The maximum absolute atomic E-state index is 12.4. The lowest BCUT2D eigenvalue weighted by molar-refractivity contribution is 0.600. The Balaban J connectivity index is 2.47. The van der Waals surface area contributed by atoms with Crippen molar-refractivity contribution in [1.82, 2.24) is 0 Å². The van der Waals surface area contributed by atoms with E-state index >= 15 is 0 Å². The standard InChI is InChI=1S/C12H9Br3N2O2S/c13-7-5-9(15)12(10(16)6-7)17-20(18,19)11-4-2-1-3-8(11)14/h1-6,17H,16H2. The van der Waals surface area contributed by atoms with Crippen molar-refractivity contribution in [3.63, 3.8) is 0 Å². The number of hydrogen-bond acceptors (Lipinski definition) is 3. The van der Waals surface area contributed by atoms with Gasteiger partial charge in [-0.15, -0.1) is 0 Å². The molecule has 106 valence electrons. The molecule has 0 radical (unpaired) electrons. The van der Waals surface area contributed by atoms with Crippen molar-refractivity contribution in [2.45, 2.75) is 4.90 Å². The average molecular weight is 485 g/mol. The number of hydrogen-bond donors (Lipinski definition) is 2. The zero-order chi connectivity index (χ0) is 14.9. The summed E-state index contributed by atoms with van der Waals surface area (Å²) in [4.78, 5) is 0.147. The lowest BCUT2D eigenvalue weighted by Crippen LogP contribution is -2.15. The lowest BCUT2D eigenvalue weighted by atomic mass is 10.3. The van der Waals surface area contributed by atoms with E-state index in [0.717, 1.165) is 4.47 Å². The van der Waals surface area contributed by atoms with Crippen molar-refractivity contribution in [3.05, 3.63) is 49.8 Å². The van der Waals surface area contributed by atoms with Gasteiger partial charge in [0, 0.05) is 13.4 Å². The topological polar surface area (TPSA) is 72.2 Å². The van der Waals surface area contributed by atoms with Crippen LogP contribution in [-0.4, -0.2) is 8.42 Å². The molecular weight excluding hydrogens is 476 g/mol. The highest BCUT2D eigenvalue weighted by molar-refractivity contribution is 9.11. The molecule has 3 N–H and O–H groups in total. The van der Waals surface area contributed by atoms with Crippen LogP contribution in [0.1, 0.15) is 0 Å². The maximum atomic E-state index is 12.4. The Morgan fingerprint density at radius 2 is 1.65 bits per heavy atom. The van der Waals surface area contributed by atoms with Gasteiger partial charge in [-0.1, -0.05) is 28.1 Å². The monoisotopic (exact) mass is 482 g/mol. The van der Waals surface area contributed by atoms with Gasteiger partial charge < -0.3 is 5.73 Å². The molecule has 0 unspecified atom stereocenters. The first-order valence-corrected chi connectivity index (χ1v) is 9.19. The predicted molar refractivity (Wildman–Crippen MR) is 91.2 cm³/mol. The summed E-state index contributed by atoms with van der Waals surface area (Å²) in [6.07, 6.45) is 0. The van der Waals surface area contributed by atoms with Crippen molar-refractivity contribution in [2.24, 2.45) is 0 Å². The molecule has 0 aliphatic heterocycles. The Morgan fingerprint density at radius 1 is 1.00 bits per heavy atom. The van der Waals surface area contributed by atoms with Gasteiger partial charge in [-0.3, -0.25) is 4.72 Å². The molecule has 0 saturated heterocycles. The molecule has 20 heavy (non-hydrogen) atoms. The van der Waals surface area contributed by atoms with Crippen molar-refractivity contribution < 1.29 is 8.42 Å². The lowest BCUT2D eigenvalue weighted by Gasteiger charge is -2.13. The highest BCUT2D eigenvalue weighted by atomic mass is 79.9. The second kappa shape index (κ2) is 6.05. The number of nitrogens with one attached hydrogen (secondary N) is 1. The van der Waals surface area contributed by atoms with Gasteiger partial charge in [0.2, 0.25) is 0 Å². The van der Waals surface area contributed by atoms with Gasteiger partial charge in [0.1, 0.15) is 4.90 Å². The van der Waals surface area contributed by atoms with Crippen LogP contribution in [0.25, 0.3) is 0 Å². The van der Waals surface area contributed by atoms with Gasteiger partial charge in [-0.25, -0.2) is 8.42 Å². The molecule has 0 aliphatic carbocycles. The number of anilines is 2. The highest BCUT2D eigenvalue weighted by Gasteiger charge is 2.20. The van der Waals surface area contributed by atoms with Crippen molar-refractivity contribution in [1.29, 1.82) is 0 Å². The van der Waals surface area contributed by atoms with Crippen molar-refractivity contribution >= 4 is 69.2 Å². The summed E-state index contributed by atoms with van der Waals surface area (Å²) >= 11 is 9.81. The van der Waals surface area contributed by atoms with Crippen molar-refractivity contribution in [2.75, 3.05) is 10.5 Å². The fourth-order valence-electron chi connectivity index (χ4n) is 1.55. The minimum atomic E-state index is -3.72. The molecule has 0 heterocycles. The van der Waals surface area contributed by atoms with Crippen LogP contribution in [0.15, 0.2) is 54.7 Å². The Labute approximate surface area is 142 Å². The van der Waals surface area contributed by atoms with E-state index < -0.39 is 10.0 Å². The zero-order valence-electron chi connectivity index (χ0n) is 9.90. The summed E-state index contributed by atoms with van der Waals surface area (Å²) < 4.78 is 29.1. The Morgan fingerprint density at radius 3 is 2.25 bits per heavy atom. The van der Waals surface area contributed by atoms with Gasteiger partial charge in [0.05, 0.1) is 11.4 Å². The number of benzene rings is 2. The van der Waals surface area contributed by atoms with E-state index in [1.165, 1.54) is 6.07 Å². The third-order valence-corrected chi connectivity index (χ3v) is 5.89. The molecule has 0 aromatic heterocycles. The highest BCUT2D eigenvalue weighted by Crippen LogP contribution is 2.34. The number of nitrogen functional groups attached to an aromatic ring is 1. The van der Waals surface area contributed by atoms with E-state index in [4.69, 9.17) is 5.73 Å². The SMILES string of the molecule is Nc1cc(Br)cc(Br)c1NS(=O)(=O)c1ccccc1Br. The summed E-state index contributed by atoms with van der Waals surface area (Å²) in [6.45, 7) is 0. The summed E-state index contributed by atoms with van der Waals surface area (Å²) in [5.74, 6) is 0. The summed E-state index contributed by atoms with van der Waals surface area (Å²) in [5, 5.41) is 0. The minimum Gasteiger partial charge on any atom is -0.397 e. The Bertz CT molecular complexity index is 740. The summed E-state index contributed by atoms with van der Waals surface area (Å²) in [5.41, 5.74) is 6.48. The van der Waals surface area contributed by atoms with Crippen LogP contribution in [0.3, 0.4) is 0 Å². The van der Waals surface area contributed by atoms with Gasteiger partial charge in [-0.05, 0) is 56.1 Å². The second-order valence-corrected chi connectivity index (χ2v) is 8.16. The normalized spacial score (nSPS) is 11.3. The number of halogens is 3. The molecule has 0 aliphatic rings. The summed E-state index contributed by atoms with van der Waals surface area (Å²) in [7, 11) is -3.72. The second-order valence-electron chi connectivity index (χ2n) is 3.89. The van der Waals surface area contributed by atoms with Crippen LogP contribution in [-0.2, 0) is 10.0 Å². The minimum absolute atomic E-state index is 0.147. The van der Waals surface area contributed by atoms with Crippen LogP contribution in [0.4, 0.5) is 11.4 Å². The fraction of sp³-hybridized carbons (Fsp3) is 0. The Kier molecular flexibility index (Phi) is 4.78. The van der Waals surface area contributed by atoms with Crippen LogP contribution < -0.4 is 10.5 Å². The molecule has 0 saturated carbocycles. The van der Waals surface area contributed by atoms with E-state index in [9.17, 15) is 8.42 Å². The maximum Gasteiger partial charge on any atom is 0.263 e. The van der Waals surface area contributed by atoms with Crippen molar-refractivity contribution in [3.8, 4) is 0 Å². The van der Waals surface area contributed by atoms with E-state index in [1.807, 2.05) is 0 Å². The third kappa shape index (κ3) is 3.36. The van der Waals surface area contributed by atoms with E-state index in [2.05, 4.69) is 52.5 Å². The average Bonchev–Trinajstić information content (AvgIpc) is 2.34. The van der Waals surface area contributed by atoms with Crippen LogP contribution >= 0.6 is 47.8 Å².